The number of likely N-dealkylation sites (tertiary alicyclic amines) is 1. The maximum absolute atomic E-state index is 12.6. The summed E-state index contributed by atoms with van der Waals surface area (Å²) < 4.78 is 37.7. The molecule has 0 aliphatic carbocycles. The Balaban J connectivity index is 2.30. The van der Waals surface area contributed by atoms with Gasteiger partial charge in [-0.2, -0.15) is 13.2 Å². The van der Waals surface area contributed by atoms with Crippen molar-refractivity contribution in [3.05, 3.63) is 35.9 Å². The molecule has 1 aliphatic rings. The normalized spacial score (nSPS) is 17.0. The first-order valence-electron chi connectivity index (χ1n) is 7.46. The lowest BCUT2D eigenvalue weighted by Crippen LogP contribution is -2.48. The molecule has 1 aromatic carbocycles. The maximum atomic E-state index is 12.6. The predicted molar refractivity (Wildman–Crippen MR) is 78.4 cm³/mol. The Kier molecular flexibility index (Phi) is 5.28. The largest absolute Gasteiger partial charge is 0.406 e. The lowest BCUT2D eigenvalue weighted by Gasteiger charge is -2.36. The minimum atomic E-state index is -4.47. The van der Waals surface area contributed by atoms with Gasteiger partial charge < -0.3 is 9.80 Å². The zero-order valence-electron chi connectivity index (χ0n) is 12.8. The van der Waals surface area contributed by atoms with Crippen LogP contribution in [0.4, 0.5) is 13.2 Å². The molecule has 0 radical (unpaired) electrons. The number of carbonyl (C=O) groups is 2. The number of piperidine rings is 1. The highest BCUT2D eigenvalue weighted by atomic mass is 19.4. The Morgan fingerprint density at radius 1 is 1.26 bits per heavy atom. The SMILES string of the molecule is CN(CC(F)(F)F)C(=O)C(c1ccccc1)N1CCCCC1=O. The van der Waals surface area contributed by atoms with Crippen molar-refractivity contribution in [3.8, 4) is 0 Å². The van der Waals surface area contributed by atoms with E-state index in [2.05, 4.69) is 0 Å². The third-order valence-electron chi connectivity index (χ3n) is 3.81. The van der Waals surface area contributed by atoms with Gasteiger partial charge >= 0.3 is 6.18 Å². The smallest absolute Gasteiger partial charge is 0.335 e. The van der Waals surface area contributed by atoms with Gasteiger partial charge in [-0.05, 0) is 18.4 Å². The van der Waals surface area contributed by atoms with Gasteiger partial charge in [-0.1, -0.05) is 30.3 Å². The van der Waals surface area contributed by atoms with Crippen molar-refractivity contribution in [3.63, 3.8) is 0 Å². The molecule has 0 spiro atoms. The zero-order valence-corrected chi connectivity index (χ0v) is 12.8. The van der Waals surface area contributed by atoms with Crippen LogP contribution in [0.2, 0.25) is 0 Å². The van der Waals surface area contributed by atoms with Crippen LogP contribution in [-0.4, -0.2) is 47.9 Å². The number of likely N-dealkylation sites (N-methyl/N-ethyl adjacent to an activating group) is 1. The van der Waals surface area contributed by atoms with E-state index in [1.54, 1.807) is 30.3 Å². The van der Waals surface area contributed by atoms with Crippen LogP contribution in [0.3, 0.4) is 0 Å². The van der Waals surface area contributed by atoms with Crippen LogP contribution in [0.15, 0.2) is 30.3 Å². The first kappa shape index (κ1) is 17.3. The molecule has 1 fully saturated rings. The summed E-state index contributed by atoms with van der Waals surface area (Å²) in [6.45, 7) is -0.957. The number of amides is 2. The molecule has 2 amide bonds. The highest BCUT2D eigenvalue weighted by molar-refractivity contribution is 5.89. The number of halogens is 3. The topological polar surface area (TPSA) is 40.6 Å². The van der Waals surface area contributed by atoms with Crippen LogP contribution in [-0.2, 0) is 9.59 Å². The molecule has 1 atom stereocenters. The number of benzene rings is 1. The first-order valence-corrected chi connectivity index (χ1v) is 7.46. The van der Waals surface area contributed by atoms with Gasteiger partial charge in [0, 0.05) is 20.0 Å². The molecule has 1 aromatic rings. The van der Waals surface area contributed by atoms with Crippen LogP contribution in [0.1, 0.15) is 30.9 Å². The van der Waals surface area contributed by atoms with Crippen molar-refractivity contribution in [2.24, 2.45) is 0 Å². The quantitative estimate of drug-likeness (QED) is 0.853. The first-order chi connectivity index (χ1) is 10.8. The van der Waals surface area contributed by atoms with Gasteiger partial charge in [0.2, 0.25) is 11.8 Å². The molecule has 0 bridgehead atoms. The van der Waals surface area contributed by atoms with E-state index in [1.807, 2.05) is 0 Å². The van der Waals surface area contributed by atoms with E-state index >= 15 is 0 Å². The highest BCUT2D eigenvalue weighted by Gasteiger charge is 2.38. The molecular formula is C16H19F3N2O2. The average Bonchev–Trinajstić information content (AvgIpc) is 2.49. The Labute approximate surface area is 132 Å². The maximum Gasteiger partial charge on any atom is 0.406 e. The minimum Gasteiger partial charge on any atom is -0.335 e. The number of nitrogens with zero attached hydrogens (tertiary/aromatic N) is 2. The summed E-state index contributed by atoms with van der Waals surface area (Å²) >= 11 is 0. The van der Waals surface area contributed by atoms with Crippen LogP contribution < -0.4 is 0 Å². The number of carbonyl (C=O) groups excluding carboxylic acids is 2. The minimum absolute atomic E-state index is 0.195. The van der Waals surface area contributed by atoms with Crippen molar-refractivity contribution >= 4 is 11.8 Å². The van der Waals surface area contributed by atoms with Crippen molar-refractivity contribution in [1.82, 2.24) is 9.80 Å². The van der Waals surface area contributed by atoms with E-state index in [0.29, 0.717) is 23.4 Å². The molecule has 1 aliphatic heterocycles. The highest BCUT2D eigenvalue weighted by Crippen LogP contribution is 2.28. The van der Waals surface area contributed by atoms with Crippen molar-refractivity contribution in [2.75, 3.05) is 20.1 Å². The number of hydrogen-bond acceptors (Lipinski definition) is 2. The molecule has 0 aromatic heterocycles. The summed E-state index contributed by atoms with van der Waals surface area (Å²) in [6.07, 6.45) is -2.67. The molecule has 0 saturated carbocycles. The Morgan fingerprint density at radius 2 is 1.91 bits per heavy atom. The van der Waals surface area contributed by atoms with Gasteiger partial charge in [0.05, 0.1) is 0 Å². The van der Waals surface area contributed by atoms with Crippen LogP contribution in [0, 0.1) is 0 Å². The van der Waals surface area contributed by atoms with E-state index in [1.165, 1.54) is 4.90 Å². The van der Waals surface area contributed by atoms with Gasteiger partial charge in [0.25, 0.3) is 0 Å². The van der Waals surface area contributed by atoms with Gasteiger partial charge in [-0.3, -0.25) is 9.59 Å². The predicted octanol–water partition coefficient (Wildman–Crippen LogP) is 2.76. The van der Waals surface area contributed by atoms with Gasteiger partial charge in [-0.15, -0.1) is 0 Å². The Hall–Kier alpha value is -2.05. The van der Waals surface area contributed by atoms with E-state index in [0.717, 1.165) is 19.9 Å². The number of hydrogen-bond donors (Lipinski definition) is 0. The third kappa shape index (κ3) is 4.46. The number of alkyl halides is 3. The summed E-state index contributed by atoms with van der Waals surface area (Å²) in [6, 6.07) is 7.47. The molecule has 23 heavy (non-hydrogen) atoms. The fourth-order valence-electron chi connectivity index (χ4n) is 2.75. The van der Waals surface area contributed by atoms with E-state index in [4.69, 9.17) is 0 Å². The van der Waals surface area contributed by atoms with Crippen LogP contribution >= 0.6 is 0 Å². The molecule has 7 heteroatoms. The van der Waals surface area contributed by atoms with E-state index < -0.39 is 24.7 Å². The van der Waals surface area contributed by atoms with Crippen molar-refractivity contribution in [1.29, 1.82) is 0 Å². The molecule has 0 N–H and O–H groups in total. The summed E-state index contributed by atoms with van der Waals surface area (Å²) in [7, 11) is 1.11. The summed E-state index contributed by atoms with van der Waals surface area (Å²) in [5, 5.41) is 0. The van der Waals surface area contributed by atoms with Gasteiger partial charge in [0.1, 0.15) is 12.6 Å². The molecule has 1 heterocycles. The lowest BCUT2D eigenvalue weighted by molar-refractivity contribution is -0.164. The molecule has 1 unspecified atom stereocenters. The lowest BCUT2D eigenvalue weighted by atomic mass is 10.00. The summed E-state index contributed by atoms with van der Waals surface area (Å²) in [5.41, 5.74) is 0.529. The standard InChI is InChI=1S/C16H19F3N2O2/c1-20(11-16(17,18)19)15(23)14(12-7-3-2-4-8-12)21-10-6-5-9-13(21)22/h2-4,7-8,14H,5-6,9-11H2,1H3. The van der Waals surface area contributed by atoms with Gasteiger partial charge in [0.15, 0.2) is 0 Å². The molecular weight excluding hydrogens is 309 g/mol. The fraction of sp³-hybridized carbons (Fsp3) is 0.500. The third-order valence-corrected chi connectivity index (χ3v) is 3.81. The van der Waals surface area contributed by atoms with Crippen molar-refractivity contribution < 1.29 is 22.8 Å². The molecule has 1 saturated heterocycles. The monoisotopic (exact) mass is 328 g/mol. The van der Waals surface area contributed by atoms with E-state index in [-0.39, 0.29) is 5.91 Å². The molecule has 4 nitrogen and oxygen atoms in total. The summed E-state index contributed by atoms with van der Waals surface area (Å²) in [4.78, 5) is 26.8. The fourth-order valence-corrected chi connectivity index (χ4v) is 2.75. The Morgan fingerprint density at radius 3 is 2.48 bits per heavy atom. The van der Waals surface area contributed by atoms with Gasteiger partial charge in [-0.25, -0.2) is 0 Å². The number of rotatable bonds is 4. The second-order valence-corrected chi connectivity index (χ2v) is 5.67. The van der Waals surface area contributed by atoms with Crippen LogP contribution in [0.5, 0.6) is 0 Å². The average molecular weight is 328 g/mol. The van der Waals surface area contributed by atoms with Crippen molar-refractivity contribution in [2.45, 2.75) is 31.5 Å². The molecule has 2 rings (SSSR count). The Bertz CT molecular complexity index is 560. The zero-order chi connectivity index (χ0) is 17.0. The molecule has 126 valence electrons. The second-order valence-electron chi connectivity index (χ2n) is 5.67. The second kappa shape index (κ2) is 7.02. The summed E-state index contributed by atoms with van der Waals surface area (Å²) in [5.74, 6) is -0.914. The van der Waals surface area contributed by atoms with Crippen LogP contribution in [0.25, 0.3) is 0 Å². The van der Waals surface area contributed by atoms with E-state index in [9.17, 15) is 22.8 Å².